The Hall–Kier alpha value is -1.92. The molecular formula is C22H34N4O3. The molecule has 3 aliphatic rings. The quantitative estimate of drug-likeness (QED) is 0.768. The number of aromatic nitrogens is 2. The maximum Gasteiger partial charge on any atom is 0.249 e. The molecule has 7 nitrogen and oxygen atoms in total. The summed E-state index contributed by atoms with van der Waals surface area (Å²) in [6.45, 7) is 3.60. The fraction of sp³-hybridized carbons (Fsp3) is 0.818. The van der Waals surface area contributed by atoms with Crippen LogP contribution in [0.3, 0.4) is 0 Å². The van der Waals surface area contributed by atoms with E-state index < -0.39 is 0 Å². The number of carbonyl (C=O) groups is 2. The number of hydrogen-bond donors (Lipinski definition) is 0. The third kappa shape index (κ3) is 4.81. The third-order valence-corrected chi connectivity index (χ3v) is 7.02. The van der Waals surface area contributed by atoms with Crippen molar-refractivity contribution in [3.63, 3.8) is 0 Å². The lowest BCUT2D eigenvalue weighted by Crippen LogP contribution is -2.41. The molecule has 1 aromatic heterocycles. The van der Waals surface area contributed by atoms with E-state index in [1.165, 1.54) is 32.1 Å². The first-order valence-electron chi connectivity index (χ1n) is 11.5. The molecule has 1 saturated heterocycles. The Balaban J connectivity index is 1.46. The van der Waals surface area contributed by atoms with Crippen LogP contribution in [-0.2, 0) is 9.59 Å². The molecule has 0 N–H and O–H groups in total. The second-order valence-corrected chi connectivity index (χ2v) is 9.09. The van der Waals surface area contributed by atoms with E-state index in [1.807, 2.05) is 9.80 Å². The van der Waals surface area contributed by atoms with E-state index >= 15 is 0 Å². The van der Waals surface area contributed by atoms with Gasteiger partial charge in [-0.1, -0.05) is 37.3 Å². The van der Waals surface area contributed by atoms with Gasteiger partial charge in [0.05, 0.1) is 0 Å². The molecule has 0 radical (unpaired) electrons. The van der Waals surface area contributed by atoms with Crippen LogP contribution in [0.15, 0.2) is 4.52 Å². The molecule has 2 heterocycles. The zero-order chi connectivity index (χ0) is 20.2. The highest BCUT2D eigenvalue weighted by molar-refractivity contribution is 5.80. The number of amides is 2. The molecule has 1 aliphatic heterocycles. The molecule has 1 atom stereocenters. The predicted molar refractivity (Wildman–Crippen MR) is 108 cm³/mol. The Labute approximate surface area is 173 Å². The van der Waals surface area contributed by atoms with Crippen LogP contribution in [0.25, 0.3) is 0 Å². The monoisotopic (exact) mass is 402 g/mol. The average molecular weight is 403 g/mol. The molecule has 1 unspecified atom stereocenters. The van der Waals surface area contributed by atoms with E-state index in [1.54, 1.807) is 6.92 Å². The molecule has 2 saturated carbocycles. The molecule has 0 bridgehead atoms. The molecule has 0 aromatic carbocycles. The Morgan fingerprint density at radius 2 is 1.69 bits per heavy atom. The van der Waals surface area contributed by atoms with Gasteiger partial charge in [-0.15, -0.1) is 0 Å². The van der Waals surface area contributed by atoms with Gasteiger partial charge in [-0.05, 0) is 44.9 Å². The Kier molecular flexibility index (Phi) is 6.50. The van der Waals surface area contributed by atoms with Crippen LogP contribution in [0, 0.1) is 18.8 Å². The average Bonchev–Trinajstić information content (AvgIpc) is 3.36. The van der Waals surface area contributed by atoms with Crippen molar-refractivity contribution in [3.05, 3.63) is 11.7 Å². The SMILES string of the molecule is Cc1noc(C2CCN(C(=O)CC3CCCCC3)CCN2C(=O)C2CCCC2)n1. The van der Waals surface area contributed by atoms with Crippen molar-refractivity contribution in [1.29, 1.82) is 0 Å². The Morgan fingerprint density at radius 1 is 0.966 bits per heavy atom. The van der Waals surface area contributed by atoms with E-state index in [9.17, 15) is 9.59 Å². The molecule has 2 amide bonds. The van der Waals surface area contributed by atoms with Crippen LogP contribution in [-0.4, -0.2) is 51.4 Å². The highest BCUT2D eigenvalue weighted by Gasteiger charge is 2.37. The fourth-order valence-electron chi connectivity index (χ4n) is 5.32. The maximum absolute atomic E-state index is 13.3. The van der Waals surface area contributed by atoms with Crippen LogP contribution in [0.5, 0.6) is 0 Å². The molecule has 160 valence electrons. The molecular weight excluding hydrogens is 368 g/mol. The van der Waals surface area contributed by atoms with Gasteiger partial charge >= 0.3 is 0 Å². The number of nitrogens with zero attached hydrogens (tertiary/aromatic N) is 4. The topological polar surface area (TPSA) is 79.5 Å². The standard InChI is InChI=1S/C22H34N4O3/c1-16-23-21(29-24-16)19-11-12-25(20(27)15-17-7-3-2-4-8-17)13-14-26(19)22(28)18-9-5-6-10-18/h17-19H,2-15H2,1H3. The minimum Gasteiger partial charge on any atom is -0.341 e. The van der Waals surface area contributed by atoms with Crippen molar-refractivity contribution >= 4 is 11.8 Å². The lowest BCUT2D eigenvalue weighted by atomic mass is 9.86. The molecule has 0 spiro atoms. The van der Waals surface area contributed by atoms with Crippen molar-refractivity contribution in [2.45, 2.75) is 83.6 Å². The number of aryl methyl sites for hydroxylation is 1. The highest BCUT2D eigenvalue weighted by atomic mass is 16.5. The largest absolute Gasteiger partial charge is 0.341 e. The summed E-state index contributed by atoms with van der Waals surface area (Å²) in [4.78, 5) is 34.6. The molecule has 4 rings (SSSR count). The smallest absolute Gasteiger partial charge is 0.249 e. The van der Waals surface area contributed by atoms with Gasteiger partial charge in [0.2, 0.25) is 17.7 Å². The maximum atomic E-state index is 13.3. The van der Waals surface area contributed by atoms with Crippen molar-refractivity contribution in [1.82, 2.24) is 19.9 Å². The second kappa shape index (κ2) is 9.26. The zero-order valence-corrected chi connectivity index (χ0v) is 17.6. The normalized spacial score (nSPS) is 24.7. The van der Waals surface area contributed by atoms with Gasteiger partial charge in [-0.3, -0.25) is 9.59 Å². The van der Waals surface area contributed by atoms with Crippen molar-refractivity contribution < 1.29 is 14.1 Å². The van der Waals surface area contributed by atoms with Gasteiger partial charge in [-0.25, -0.2) is 0 Å². The first kappa shape index (κ1) is 20.4. The lowest BCUT2D eigenvalue weighted by Gasteiger charge is -2.29. The van der Waals surface area contributed by atoms with Gasteiger partial charge in [0.15, 0.2) is 5.82 Å². The summed E-state index contributed by atoms with van der Waals surface area (Å²) in [5.74, 6) is 2.17. The summed E-state index contributed by atoms with van der Waals surface area (Å²) < 4.78 is 5.46. The molecule has 7 heteroatoms. The van der Waals surface area contributed by atoms with Crippen LogP contribution in [0.2, 0.25) is 0 Å². The fourth-order valence-corrected chi connectivity index (χ4v) is 5.32. The highest BCUT2D eigenvalue weighted by Crippen LogP contribution is 2.33. The molecule has 2 aliphatic carbocycles. The summed E-state index contributed by atoms with van der Waals surface area (Å²) in [5, 5.41) is 3.94. The van der Waals surface area contributed by atoms with Crippen molar-refractivity contribution in [2.24, 2.45) is 11.8 Å². The van der Waals surface area contributed by atoms with E-state index in [0.717, 1.165) is 25.7 Å². The summed E-state index contributed by atoms with van der Waals surface area (Å²) in [7, 11) is 0. The minimum absolute atomic E-state index is 0.103. The number of rotatable bonds is 4. The van der Waals surface area contributed by atoms with Crippen LogP contribution < -0.4 is 0 Å². The van der Waals surface area contributed by atoms with E-state index in [0.29, 0.717) is 50.1 Å². The van der Waals surface area contributed by atoms with Gasteiger partial charge in [0.1, 0.15) is 6.04 Å². The third-order valence-electron chi connectivity index (χ3n) is 7.02. The molecule has 29 heavy (non-hydrogen) atoms. The van der Waals surface area contributed by atoms with Gasteiger partial charge < -0.3 is 14.3 Å². The number of hydrogen-bond acceptors (Lipinski definition) is 5. The van der Waals surface area contributed by atoms with Crippen LogP contribution >= 0.6 is 0 Å². The van der Waals surface area contributed by atoms with Crippen LogP contribution in [0.4, 0.5) is 0 Å². The summed E-state index contributed by atoms with van der Waals surface area (Å²) in [6.07, 6.45) is 11.7. The number of carbonyl (C=O) groups excluding carboxylic acids is 2. The zero-order valence-electron chi connectivity index (χ0n) is 17.6. The summed E-state index contributed by atoms with van der Waals surface area (Å²) in [6, 6.07) is -0.225. The summed E-state index contributed by atoms with van der Waals surface area (Å²) in [5.41, 5.74) is 0. The van der Waals surface area contributed by atoms with E-state index in [2.05, 4.69) is 10.1 Å². The summed E-state index contributed by atoms with van der Waals surface area (Å²) >= 11 is 0. The van der Waals surface area contributed by atoms with Gasteiger partial charge in [0.25, 0.3) is 0 Å². The predicted octanol–water partition coefficient (Wildman–Crippen LogP) is 3.64. The lowest BCUT2D eigenvalue weighted by molar-refractivity contribution is -0.139. The van der Waals surface area contributed by atoms with Crippen molar-refractivity contribution in [2.75, 3.05) is 19.6 Å². The van der Waals surface area contributed by atoms with Gasteiger partial charge in [0, 0.05) is 32.0 Å². The Bertz CT molecular complexity index is 707. The molecule has 1 aromatic rings. The first-order valence-corrected chi connectivity index (χ1v) is 11.5. The van der Waals surface area contributed by atoms with Crippen LogP contribution in [0.1, 0.15) is 88.4 Å². The molecule has 3 fully saturated rings. The van der Waals surface area contributed by atoms with Crippen molar-refractivity contribution in [3.8, 4) is 0 Å². The van der Waals surface area contributed by atoms with Gasteiger partial charge in [-0.2, -0.15) is 4.98 Å². The minimum atomic E-state index is -0.225. The van der Waals surface area contributed by atoms with E-state index in [4.69, 9.17) is 4.52 Å². The Morgan fingerprint density at radius 3 is 2.38 bits per heavy atom. The second-order valence-electron chi connectivity index (χ2n) is 9.09. The van der Waals surface area contributed by atoms with E-state index in [-0.39, 0.29) is 23.8 Å². The first-order chi connectivity index (χ1) is 14.1.